The van der Waals surface area contributed by atoms with Gasteiger partial charge in [0.2, 0.25) is 5.91 Å². The number of benzene rings is 2. The molecule has 0 spiro atoms. The first-order valence-corrected chi connectivity index (χ1v) is 7.79. The van der Waals surface area contributed by atoms with Gasteiger partial charge in [-0.3, -0.25) is 9.59 Å². The Morgan fingerprint density at radius 3 is 2.36 bits per heavy atom. The molecule has 2 N–H and O–H groups in total. The van der Waals surface area contributed by atoms with E-state index in [4.69, 9.17) is 0 Å². The minimum absolute atomic E-state index is 0.0529. The van der Waals surface area contributed by atoms with Crippen LogP contribution in [0.15, 0.2) is 59.1 Å². The van der Waals surface area contributed by atoms with E-state index in [2.05, 4.69) is 26.6 Å². The first-order chi connectivity index (χ1) is 10.6. The van der Waals surface area contributed by atoms with Crippen LogP contribution in [0, 0.1) is 0 Å². The monoisotopic (exact) mass is 360 g/mol. The molecule has 0 aliphatic rings. The van der Waals surface area contributed by atoms with Crippen LogP contribution in [0.25, 0.3) is 0 Å². The SMILES string of the molecule is O=C(Cc1ccccc1)NCCNC(=O)c1cccc(Br)c1. The summed E-state index contributed by atoms with van der Waals surface area (Å²) in [6.07, 6.45) is 0.348. The highest BCUT2D eigenvalue weighted by atomic mass is 79.9. The van der Waals surface area contributed by atoms with E-state index in [1.165, 1.54) is 0 Å². The normalized spacial score (nSPS) is 10.0. The highest BCUT2D eigenvalue weighted by molar-refractivity contribution is 9.10. The summed E-state index contributed by atoms with van der Waals surface area (Å²) in [5.41, 5.74) is 1.56. The molecule has 0 fully saturated rings. The Kier molecular flexibility index (Phi) is 6.15. The molecule has 0 radical (unpaired) electrons. The van der Waals surface area contributed by atoms with Gasteiger partial charge in [0.05, 0.1) is 6.42 Å². The number of amides is 2. The van der Waals surface area contributed by atoms with Crippen molar-refractivity contribution in [1.29, 1.82) is 0 Å². The number of carbonyl (C=O) groups excluding carboxylic acids is 2. The molecule has 114 valence electrons. The van der Waals surface area contributed by atoms with Crippen molar-refractivity contribution in [3.8, 4) is 0 Å². The van der Waals surface area contributed by atoms with Crippen LogP contribution in [-0.4, -0.2) is 24.9 Å². The molecule has 0 aliphatic carbocycles. The lowest BCUT2D eigenvalue weighted by atomic mass is 10.1. The molecule has 2 aromatic carbocycles. The molecule has 22 heavy (non-hydrogen) atoms. The number of hydrogen-bond donors (Lipinski definition) is 2. The molecule has 2 amide bonds. The van der Waals surface area contributed by atoms with Gasteiger partial charge in [-0.1, -0.05) is 52.3 Å². The van der Waals surface area contributed by atoms with E-state index in [0.717, 1.165) is 10.0 Å². The summed E-state index contributed by atoms with van der Waals surface area (Å²) < 4.78 is 0.858. The van der Waals surface area contributed by atoms with E-state index < -0.39 is 0 Å². The zero-order chi connectivity index (χ0) is 15.8. The van der Waals surface area contributed by atoms with Gasteiger partial charge in [0.25, 0.3) is 5.91 Å². The van der Waals surface area contributed by atoms with Crippen LogP contribution >= 0.6 is 15.9 Å². The Labute approximate surface area is 138 Å². The van der Waals surface area contributed by atoms with Gasteiger partial charge in [-0.25, -0.2) is 0 Å². The third-order valence-corrected chi connectivity index (χ3v) is 3.52. The molecule has 0 aromatic heterocycles. The van der Waals surface area contributed by atoms with E-state index in [1.54, 1.807) is 18.2 Å². The lowest BCUT2D eigenvalue weighted by Crippen LogP contribution is -2.35. The van der Waals surface area contributed by atoms with Crippen molar-refractivity contribution >= 4 is 27.7 Å². The van der Waals surface area contributed by atoms with Crippen LogP contribution in [0.4, 0.5) is 0 Å². The zero-order valence-electron chi connectivity index (χ0n) is 12.0. The second-order valence-electron chi connectivity index (χ2n) is 4.78. The summed E-state index contributed by atoms with van der Waals surface area (Å²) in [4.78, 5) is 23.6. The first kappa shape index (κ1) is 16.2. The fourth-order valence-corrected chi connectivity index (χ4v) is 2.35. The Morgan fingerprint density at radius 2 is 1.64 bits per heavy atom. The van der Waals surface area contributed by atoms with Crippen LogP contribution in [-0.2, 0) is 11.2 Å². The average Bonchev–Trinajstić information content (AvgIpc) is 2.52. The molecular formula is C17H17BrN2O2. The Morgan fingerprint density at radius 1 is 0.909 bits per heavy atom. The predicted molar refractivity (Wildman–Crippen MR) is 89.6 cm³/mol. The van der Waals surface area contributed by atoms with Crippen LogP contribution < -0.4 is 10.6 Å². The minimum atomic E-state index is -0.154. The summed E-state index contributed by atoms with van der Waals surface area (Å²) in [6, 6.07) is 16.7. The maximum Gasteiger partial charge on any atom is 0.251 e. The fraction of sp³-hybridized carbons (Fsp3) is 0.176. The highest BCUT2D eigenvalue weighted by Gasteiger charge is 2.06. The van der Waals surface area contributed by atoms with Gasteiger partial charge >= 0.3 is 0 Å². The van der Waals surface area contributed by atoms with Crippen LogP contribution in [0.1, 0.15) is 15.9 Å². The fourth-order valence-electron chi connectivity index (χ4n) is 1.95. The minimum Gasteiger partial charge on any atom is -0.354 e. The second kappa shape index (κ2) is 8.34. The molecular weight excluding hydrogens is 344 g/mol. The molecule has 4 nitrogen and oxygen atoms in total. The lowest BCUT2D eigenvalue weighted by molar-refractivity contribution is -0.120. The van der Waals surface area contributed by atoms with Crippen molar-refractivity contribution in [3.05, 3.63) is 70.2 Å². The van der Waals surface area contributed by atoms with Gasteiger partial charge in [-0.15, -0.1) is 0 Å². The van der Waals surface area contributed by atoms with Crippen LogP contribution in [0.3, 0.4) is 0 Å². The van der Waals surface area contributed by atoms with Gasteiger partial charge in [0.1, 0.15) is 0 Å². The topological polar surface area (TPSA) is 58.2 Å². The molecule has 0 aliphatic heterocycles. The van der Waals surface area contributed by atoms with E-state index in [1.807, 2.05) is 36.4 Å². The highest BCUT2D eigenvalue weighted by Crippen LogP contribution is 2.11. The molecule has 0 saturated carbocycles. The van der Waals surface area contributed by atoms with Gasteiger partial charge < -0.3 is 10.6 Å². The van der Waals surface area contributed by atoms with E-state index >= 15 is 0 Å². The van der Waals surface area contributed by atoms with Crippen molar-refractivity contribution in [2.75, 3.05) is 13.1 Å². The number of carbonyl (C=O) groups is 2. The molecule has 0 heterocycles. The Bertz CT molecular complexity index is 644. The number of hydrogen-bond acceptors (Lipinski definition) is 2. The van der Waals surface area contributed by atoms with Gasteiger partial charge in [-0.2, -0.15) is 0 Å². The van der Waals surface area contributed by atoms with E-state index in [0.29, 0.717) is 25.1 Å². The van der Waals surface area contributed by atoms with E-state index in [-0.39, 0.29) is 11.8 Å². The van der Waals surface area contributed by atoms with Crippen LogP contribution in [0.2, 0.25) is 0 Å². The molecule has 0 bridgehead atoms. The largest absolute Gasteiger partial charge is 0.354 e. The quantitative estimate of drug-likeness (QED) is 0.777. The van der Waals surface area contributed by atoms with Crippen molar-refractivity contribution in [3.63, 3.8) is 0 Å². The number of halogens is 1. The lowest BCUT2D eigenvalue weighted by Gasteiger charge is -2.07. The molecule has 5 heteroatoms. The third kappa shape index (κ3) is 5.33. The Hall–Kier alpha value is -2.14. The Balaban J connectivity index is 1.68. The number of nitrogens with one attached hydrogen (secondary N) is 2. The van der Waals surface area contributed by atoms with E-state index in [9.17, 15) is 9.59 Å². The summed E-state index contributed by atoms with van der Waals surface area (Å²) >= 11 is 3.33. The maximum atomic E-state index is 11.9. The van der Waals surface area contributed by atoms with Crippen LogP contribution in [0.5, 0.6) is 0 Å². The van der Waals surface area contributed by atoms with Crippen molar-refractivity contribution in [1.82, 2.24) is 10.6 Å². The summed E-state index contributed by atoms with van der Waals surface area (Å²) in [5, 5.41) is 5.56. The van der Waals surface area contributed by atoms with Gasteiger partial charge in [0, 0.05) is 23.1 Å². The van der Waals surface area contributed by atoms with Gasteiger partial charge in [-0.05, 0) is 23.8 Å². The number of rotatable bonds is 6. The van der Waals surface area contributed by atoms with Crippen molar-refractivity contribution in [2.24, 2.45) is 0 Å². The second-order valence-corrected chi connectivity index (χ2v) is 5.69. The van der Waals surface area contributed by atoms with Crippen molar-refractivity contribution < 1.29 is 9.59 Å². The standard InChI is InChI=1S/C17H17BrN2O2/c18-15-8-4-7-14(12-15)17(22)20-10-9-19-16(21)11-13-5-2-1-3-6-13/h1-8,12H,9-11H2,(H,19,21)(H,20,22). The summed E-state index contributed by atoms with van der Waals surface area (Å²) in [7, 11) is 0. The zero-order valence-corrected chi connectivity index (χ0v) is 13.6. The smallest absolute Gasteiger partial charge is 0.251 e. The molecule has 2 rings (SSSR count). The maximum absolute atomic E-state index is 11.9. The molecule has 0 unspecified atom stereocenters. The third-order valence-electron chi connectivity index (χ3n) is 3.03. The molecule has 0 atom stereocenters. The first-order valence-electron chi connectivity index (χ1n) is 6.99. The summed E-state index contributed by atoms with van der Waals surface area (Å²) in [5.74, 6) is -0.207. The molecule has 0 saturated heterocycles. The van der Waals surface area contributed by atoms with Gasteiger partial charge in [0.15, 0.2) is 0 Å². The molecule has 2 aromatic rings. The summed E-state index contributed by atoms with van der Waals surface area (Å²) in [6.45, 7) is 0.803. The predicted octanol–water partition coefficient (Wildman–Crippen LogP) is 2.54. The van der Waals surface area contributed by atoms with Crippen molar-refractivity contribution in [2.45, 2.75) is 6.42 Å². The average molecular weight is 361 g/mol.